The number of rotatable bonds is 8. The molecular formula is C22H18N2O6. The highest BCUT2D eigenvalue weighted by atomic mass is 16.6. The molecule has 3 aromatic rings. The molecule has 0 bridgehead atoms. The van der Waals surface area contributed by atoms with E-state index in [0.29, 0.717) is 12.4 Å². The third kappa shape index (κ3) is 5.20. The van der Waals surface area contributed by atoms with Gasteiger partial charge >= 0.3 is 5.97 Å². The Balaban J connectivity index is 1.66. The molecule has 3 aromatic carbocycles. The van der Waals surface area contributed by atoms with Crippen molar-refractivity contribution in [2.75, 3.05) is 0 Å². The van der Waals surface area contributed by atoms with Crippen molar-refractivity contribution < 1.29 is 24.0 Å². The number of ether oxygens (including phenoxy) is 2. The first kappa shape index (κ1) is 20.5. The number of primary amides is 1. The van der Waals surface area contributed by atoms with Crippen molar-refractivity contribution in [2.45, 2.75) is 13.2 Å². The Hall–Kier alpha value is -4.20. The molecular weight excluding hydrogens is 388 g/mol. The molecule has 0 saturated carbocycles. The molecule has 0 atom stereocenters. The molecule has 0 spiro atoms. The lowest BCUT2D eigenvalue weighted by atomic mass is 10.1. The molecule has 8 heteroatoms. The Bertz CT molecular complexity index is 1080. The SMILES string of the molecule is NC(=O)c1ccc(COC(=O)c2cccc(OCc3ccccc3)c2)c([N+](=O)[O-])c1. The van der Waals surface area contributed by atoms with Crippen LogP contribution >= 0.6 is 0 Å². The van der Waals surface area contributed by atoms with E-state index < -0.39 is 16.8 Å². The summed E-state index contributed by atoms with van der Waals surface area (Å²) in [7, 11) is 0. The third-order valence-electron chi connectivity index (χ3n) is 4.24. The van der Waals surface area contributed by atoms with Gasteiger partial charge in [0.2, 0.25) is 5.91 Å². The quantitative estimate of drug-likeness (QED) is 0.346. The van der Waals surface area contributed by atoms with Crippen LogP contribution < -0.4 is 10.5 Å². The van der Waals surface area contributed by atoms with Crippen molar-refractivity contribution in [3.8, 4) is 5.75 Å². The highest BCUT2D eigenvalue weighted by Gasteiger charge is 2.18. The number of carbonyl (C=O) groups excluding carboxylic acids is 2. The van der Waals surface area contributed by atoms with Gasteiger partial charge in [0, 0.05) is 11.6 Å². The number of esters is 1. The summed E-state index contributed by atoms with van der Waals surface area (Å²) in [5.74, 6) is -0.951. The summed E-state index contributed by atoms with van der Waals surface area (Å²) < 4.78 is 10.9. The van der Waals surface area contributed by atoms with E-state index in [1.165, 1.54) is 18.2 Å². The second-order valence-corrected chi connectivity index (χ2v) is 6.34. The summed E-state index contributed by atoms with van der Waals surface area (Å²) in [5, 5.41) is 11.2. The van der Waals surface area contributed by atoms with Gasteiger partial charge in [-0.2, -0.15) is 0 Å². The summed E-state index contributed by atoms with van der Waals surface area (Å²) in [6.07, 6.45) is 0. The monoisotopic (exact) mass is 406 g/mol. The molecule has 0 unspecified atom stereocenters. The fourth-order valence-corrected chi connectivity index (χ4v) is 2.69. The van der Waals surface area contributed by atoms with E-state index in [0.717, 1.165) is 11.6 Å². The number of hydrogen-bond acceptors (Lipinski definition) is 6. The van der Waals surface area contributed by atoms with Crippen LogP contribution in [0.15, 0.2) is 72.8 Å². The molecule has 0 aromatic heterocycles. The zero-order chi connectivity index (χ0) is 21.5. The zero-order valence-corrected chi connectivity index (χ0v) is 15.8. The first-order valence-corrected chi connectivity index (χ1v) is 8.95. The van der Waals surface area contributed by atoms with Gasteiger partial charge in [0.1, 0.15) is 19.0 Å². The predicted molar refractivity (Wildman–Crippen MR) is 108 cm³/mol. The number of nitrogens with two attached hydrogens (primary N) is 1. The lowest BCUT2D eigenvalue weighted by Crippen LogP contribution is -2.12. The van der Waals surface area contributed by atoms with Gasteiger partial charge in [-0.3, -0.25) is 14.9 Å². The van der Waals surface area contributed by atoms with E-state index in [2.05, 4.69) is 0 Å². The van der Waals surface area contributed by atoms with Crippen LogP contribution in [0, 0.1) is 10.1 Å². The number of nitro benzene ring substituents is 1. The first-order chi connectivity index (χ1) is 14.4. The van der Waals surface area contributed by atoms with Gasteiger partial charge in [-0.25, -0.2) is 4.79 Å². The minimum Gasteiger partial charge on any atom is -0.489 e. The Kier molecular flexibility index (Phi) is 6.39. The maximum absolute atomic E-state index is 12.4. The summed E-state index contributed by atoms with van der Waals surface area (Å²) in [5.41, 5.74) is 6.18. The number of hydrogen-bond donors (Lipinski definition) is 1. The average Bonchev–Trinajstić information content (AvgIpc) is 2.76. The fourth-order valence-electron chi connectivity index (χ4n) is 2.69. The largest absolute Gasteiger partial charge is 0.489 e. The van der Waals surface area contributed by atoms with E-state index in [9.17, 15) is 19.7 Å². The first-order valence-electron chi connectivity index (χ1n) is 8.95. The average molecular weight is 406 g/mol. The molecule has 3 rings (SSSR count). The lowest BCUT2D eigenvalue weighted by molar-refractivity contribution is -0.385. The Morgan fingerprint density at radius 2 is 1.67 bits per heavy atom. The maximum atomic E-state index is 12.4. The van der Waals surface area contributed by atoms with Crippen molar-refractivity contribution >= 4 is 17.6 Å². The van der Waals surface area contributed by atoms with Gasteiger partial charge in [-0.15, -0.1) is 0 Å². The number of carbonyl (C=O) groups is 2. The molecule has 0 radical (unpaired) electrons. The van der Waals surface area contributed by atoms with Gasteiger partial charge in [-0.1, -0.05) is 36.4 Å². The van der Waals surface area contributed by atoms with Crippen molar-refractivity contribution in [1.29, 1.82) is 0 Å². The minimum atomic E-state index is -0.783. The number of amides is 1. The summed E-state index contributed by atoms with van der Waals surface area (Å²) in [4.78, 5) is 34.2. The Morgan fingerprint density at radius 3 is 2.37 bits per heavy atom. The third-order valence-corrected chi connectivity index (χ3v) is 4.24. The topological polar surface area (TPSA) is 122 Å². The second kappa shape index (κ2) is 9.33. The fraction of sp³-hybridized carbons (Fsp3) is 0.0909. The number of benzene rings is 3. The summed E-state index contributed by atoms with van der Waals surface area (Å²) >= 11 is 0. The van der Waals surface area contributed by atoms with E-state index >= 15 is 0 Å². The zero-order valence-electron chi connectivity index (χ0n) is 15.8. The van der Waals surface area contributed by atoms with Crippen LogP contribution in [0.1, 0.15) is 31.8 Å². The molecule has 2 N–H and O–H groups in total. The van der Waals surface area contributed by atoms with E-state index in [4.69, 9.17) is 15.2 Å². The van der Waals surface area contributed by atoms with Crippen molar-refractivity contribution in [1.82, 2.24) is 0 Å². The number of nitro groups is 1. The normalized spacial score (nSPS) is 10.3. The molecule has 0 aliphatic carbocycles. The highest BCUT2D eigenvalue weighted by Crippen LogP contribution is 2.22. The van der Waals surface area contributed by atoms with Gasteiger partial charge in [0.05, 0.1) is 16.1 Å². The summed E-state index contributed by atoms with van der Waals surface area (Å²) in [6, 6.07) is 19.8. The standard InChI is InChI=1S/C22H18N2O6/c23-21(25)16-9-10-18(20(12-16)24(27)28)14-30-22(26)17-7-4-8-19(11-17)29-13-15-5-2-1-3-6-15/h1-12H,13-14H2,(H2,23,25). The van der Waals surface area contributed by atoms with E-state index in [1.54, 1.807) is 18.2 Å². The van der Waals surface area contributed by atoms with Gasteiger partial charge in [0.15, 0.2) is 0 Å². The number of nitrogens with zero attached hydrogens (tertiary/aromatic N) is 1. The molecule has 0 saturated heterocycles. The van der Waals surface area contributed by atoms with Crippen LogP contribution in [0.3, 0.4) is 0 Å². The molecule has 0 aliphatic heterocycles. The molecule has 0 fully saturated rings. The van der Waals surface area contributed by atoms with Gasteiger partial charge in [-0.05, 0) is 35.9 Å². The van der Waals surface area contributed by atoms with Crippen LogP contribution in [0.25, 0.3) is 0 Å². The maximum Gasteiger partial charge on any atom is 0.338 e. The van der Waals surface area contributed by atoms with Crippen molar-refractivity contribution in [2.24, 2.45) is 5.73 Å². The van der Waals surface area contributed by atoms with Crippen molar-refractivity contribution in [3.05, 3.63) is 105 Å². The van der Waals surface area contributed by atoms with Crippen LogP contribution in [0.2, 0.25) is 0 Å². The second-order valence-electron chi connectivity index (χ2n) is 6.34. The van der Waals surface area contributed by atoms with Crippen molar-refractivity contribution in [3.63, 3.8) is 0 Å². The van der Waals surface area contributed by atoms with Crippen LogP contribution in [-0.4, -0.2) is 16.8 Å². The van der Waals surface area contributed by atoms with E-state index in [-0.39, 0.29) is 29.0 Å². The predicted octanol–water partition coefficient (Wildman–Crippen LogP) is 3.63. The lowest BCUT2D eigenvalue weighted by Gasteiger charge is -2.09. The molecule has 30 heavy (non-hydrogen) atoms. The molecule has 152 valence electrons. The molecule has 0 heterocycles. The van der Waals surface area contributed by atoms with E-state index in [1.807, 2.05) is 30.3 Å². The van der Waals surface area contributed by atoms with Gasteiger partial charge in [0.25, 0.3) is 5.69 Å². The van der Waals surface area contributed by atoms with Crippen LogP contribution in [0.4, 0.5) is 5.69 Å². The molecule has 0 aliphatic rings. The highest BCUT2D eigenvalue weighted by molar-refractivity contribution is 5.93. The molecule has 1 amide bonds. The van der Waals surface area contributed by atoms with Gasteiger partial charge < -0.3 is 15.2 Å². The minimum absolute atomic E-state index is 0.0000394. The Morgan fingerprint density at radius 1 is 0.900 bits per heavy atom. The Labute approximate surface area is 172 Å². The summed E-state index contributed by atoms with van der Waals surface area (Å²) in [6.45, 7) is 0.0149. The van der Waals surface area contributed by atoms with Crippen LogP contribution in [-0.2, 0) is 18.0 Å². The van der Waals surface area contributed by atoms with Crippen LogP contribution in [0.5, 0.6) is 5.75 Å². The molecule has 8 nitrogen and oxygen atoms in total. The smallest absolute Gasteiger partial charge is 0.338 e.